The van der Waals surface area contributed by atoms with Gasteiger partial charge < -0.3 is 14.5 Å². The Bertz CT molecular complexity index is 1070. The largest absolute Gasteiger partial charge is 0.484 e. The highest BCUT2D eigenvalue weighted by Gasteiger charge is 2.24. The maximum absolute atomic E-state index is 9.56. The Labute approximate surface area is 200 Å². The maximum Gasteiger partial charge on any atom is 0.236 e. The molecule has 7 heteroatoms. The summed E-state index contributed by atoms with van der Waals surface area (Å²) in [5.41, 5.74) is 2.84. The van der Waals surface area contributed by atoms with E-state index in [1.807, 2.05) is 0 Å². The highest BCUT2D eigenvalue weighted by Crippen LogP contribution is 2.27. The van der Waals surface area contributed by atoms with Crippen LogP contribution in [0.25, 0.3) is 0 Å². The third-order valence-electron chi connectivity index (χ3n) is 6.01. The summed E-state index contributed by atoms with van der Waals surface area (Å²) in [6.45, 7) is 5.08. The summed E-state index contributed by atoms with van der Waals surface area (Å²) >= 11 is 5.91. The second-order valence-corrected chi connectivity index (χ2v) is 8.66. The van der Waals surface area contributed by atoms with Gasteiger partial charge in [-0.15, -0.1) is 0 Å². The molecule has 2 heterocycles. The van der Waals surface area contributed by atoms with Crippen LogP contribution in [0.1, 0.15) is 54.9 Å². The van der Waals surface area contributed by atoms with E-state index in [-0.39, 0.29) is 18.3 Å². The molecule has 172 valence electrons. The third-order valence-corrected chi connectivity index (χ3v) is 6.27. The Kier molecular flexibility index (Phi) is 7.87. The van der Waals surface area contributed by atoms with Gasteiger partial charge >= 0.3 is 0 Å². The molecule has 1 saturated heterocycles. The topological polar surface area (TPSA) is 74.3 Å². The highest BCUT2D eigenvalue weighted by molar-refractivity contribution is 6.30. The molecule has 1 N–H and O–H groups in total. The number of nitrogens with one attached hydrogen (secondary N) is 1. The van der Waals surface area contributed by atoms with Crippen molar-refractivity contribution in [2.24, 2.45) is 0 Å². The average molecular weight is 465 g/mol. The Balaban J connectivity index is 1.46. The molecule has 0 amide bonds. The van der Waals surface area contributed by atoms with E-state index >= 15 is 0 Å². The van der Waals surface area contributed by atoms with E-state index < -0.39 is 0 Å². The lowest BCUT2D eigenvalue weighted by Crippen LogP contribution is -2.37. The first-order valence-corrected chi connectivity index (χ1v) is 11.9. The fourth-order valence-electron chi connectivity index (χ4n) is 4.15. The van der Waals surface area contributed by atoms with Crippen molar-refractivity contribution in [1.29, 1.82) is 5.26 Å². The van der Waals surface area contributed by atoms with Gasteiger partial charge in [0, 0.05) is 11.6 Å². The summed E-state index contributed by atoms with van der Waals surface area (Å²) < 4.78 is 11.6. The minimum absolute atomic E-state index is 0.131. The van der Waals surface area contributed by atoms with E-state index in [0.717, 1.165) is 19.5 Å². The van der Waals surface area contributed by atoms with Crippen LogP contribution in [0.4, 0.5) is 5.88 Å². The fourth-order valence-corrected chi connectivity index (χ4v) is 4.28. The number of benzene rings is 2. The molecule has 0 saturated carbocycles. The molecule has 1 atom stereocenters. The average Bonchev–Trinajstić information content (AvgIpc) is 3.27. The lowest BCUT2D eigenvalue weighted by molar-refractivity contribution is 0.170. The van der Waals surface area contributed by atoms with Crippen LogP contribution < -0.4 is 10.1 Å². The predicted octanol–water partition coefficient (Wildman–Crippen LogP) is 5.98. The standard InChI is InChI=1S/C26H29ClN4O2/c1-2-19-6-8-20(9-7-19)24(31-14-4-3-5-15-31)17-29-26-23(16-28)30-25(33-26)18-32-22-12-10-21(27)11-13-22/h6-13,24,29H,2-5,14-15,17-18H2,1H3. The maximum atomic E-state index is 9.56. The molecule has 0 spiro atoms. The summed E-state index contributed by atoms with van der Waals surface area (Å²) in [4.78, 5) is 6.81. The lowest BCUT2D eigenvalue weighted by Gasteiger charge is -2.35. The molecule has 0 aliphatic carbocycles. The zero-order valence-corrected chi connectivity index (χ0v) is 19.6. The summed E-state index contributed by atoms with van der Waals surface area (Å²) in [5, 5.41) is 13.5. The number of halogens is 1. The molecule has 0 radical (unpaired) electrons. The van der Waals surface area contributed by atoms with E-state index in [4.69, 9.17) is 20.8 Å². The first-order chi connectivity index (χ1) is 16.2. The number of rotatable bonds is 9. The zero-order valence-electron chi connectivity index (χ0n) is 18.9. The number of aromatic nitrogens is 1. The number of hydrogen-bond donors (Lipinski definition) is 1. The molecule has 3 aromatic rings. The Morgan fingerprint density at radius 2 is 1.85 bits per heavy atom. The van der Waals surface area contributed by atoms with Gasteiger partial charge in [0.15, 0.2) is 6.61 Å². The van der Waals surface area contributed by atoms with Crippen LogP contribution in [0, 0.1) is 11.3 Å². The van der Waals surface area contributed by atoms with Gasteiger partial charge in [0.1, 0.15) is 11.8 Å². The second-order valence-electron chi connectivity index (χ2n) is 8.23. The molecule has 0 bridgehead atoms. The number of anilines is 1. The Morgan fingerprint density at radius 1 is 1.12 bits per heavy atom. The third kappa shape index (κ3) is 6.07. The Hall–Kier alpha value is -3.01. The molecule has 1 aliphatic rings. The number of likely N-dealkylation sites (tertiary alicyclic amines) is 1. The Morgan fingerprint density at radius 3 is 2.52 bits per heavy atom. The van der Waals surface area contributed by atoms with E-state index in [1.165, 1.54) is 30.4 Å². The monoisotopic (exact) mass is 464 g/mol. The number of oxazole rings is 1. The number of aryl methyl sites for hydroxylation is 1. The molecule has 4 rings (SSSR count). The molecule has 1 aromatic heterocycles. The summed E-state index contributed by atoms with van der Waals surface area (Å²) in [7, 11) is 0. The first-order valence-electron chi connectivity index (χ1n) is 11.5. The van der Waals surface area contributed by atoms with E-state index in [1.54, 1.807) is 24.3 Å². The van der Waals surface area contributed by atoms with Crippen LogP contribution in [-0.4, -0.2) is 29.5 Å². The number of hydrogen-bond acceptors (Lipinski definition) is 6. The van der Waals surface area contributed by atoms with E-state index in [9.17, 15) is 5.26 Å². The van der Waals surface area contributed by atoms with Crippen LogP contribution in [0.3, 0.4) is 0 Å². The molecule has 1 aliphatic heterocycles. The molecule has 1 fully saturated rings. The minimum Gasteiger partial charge on any atom is -0.484 e. The molecule has 6 nitrogen and oxygen atoms in total. The number of nitriles is 1. The second kappa shape index (κ2) is 11.2. The van der Waals surface area contributed by atoms with Gasteiger partial charge in [-0.05, 0) is 67.7 Å². The molecular formula is C26H29ClN4O2. The van der Waals surface area contributed by atoms with Crippen LogP contribution in [0.15, 0.2) is 52.9 Å². The van der Waals surface area contributed by atoms with Gasteiger partial charge in [0.25, 0.3) is 0 Å². The van der Waals surface area contributed by atoms with Gasteiger partial charge in [0.2, 0.25) is 17.5 Å². The van der Waals surface area contributed by atoms with Crippen molar-refractivity contribution < 1.29 is 9.15 Å². The van der Waals surface area contributed by atoms with Crippen molar-refractivity contribution in [3.05, 3.63) is 76.3 Å². The van der Waals surface area contributed by atoms with Crippen molar-refractivity contribution in [3.63, 3.8) is 0 Å². The van der Waals surface area contributed by atoms with Crippen LogP contribution in [0.2, 0.25) is 5.02 Å². The van der Waals surface area contributed by atoms with Crippen molar-refractivity contribution in [2.45, 2.75) is 45.3 Å². The molecular weight excluding hydrogens is 436 g/mol. The normalized spacial score (nSPS) is 15.1. The van der Waals surface area contributed by atoms with E-state index in [2.05, 4.69) is 52.5 Å². The number of piperidine rings is 1. The van der Waals surface area contributed by atoms with Gasteiger partial charge in [-0.2, -0.15) is 10.2 Å². The fraction of sp³-hybridized carbons (Fsp3) is 0.385. The van der Waals surface area contributed by atoms with Crippen LogP contribution >= 0.6 is 11.6 Å². The SMILES string of the molecule is CCc1ccc(C(CNc2oc(COc3ccc(Cl)cc3)nc2C#N)N2CCCCC2)cc1. The van der Waals surface area contributed by atoms with E-state index in [0.29, 0.717) is 29.1 Å². The van der Waals surface area contributed by atoms with Crippen LogP contribution in [0.5, 0.6) is 5.75 Å². The smallest absolute Gasteiger partial charge is 0.236 e. The summed E-state index contributed by atoms with van der Waals surface area (Å²) in [5.74, 6) is 1.40. The van der Waals surface area contributed by atoms with Gasteiger partial charge in [-0.1, -0.05) is 49.2 Å². The summed E-state index contributed by atoms with van der Waals surface area (Å²) in [6, 6.07) is 18.2. The number of nitrogens with zero attached hydrogens (tertiary/aromatic N) is 3. The van der Waals surface area contributed by atoms with Gasteiger partial charge in [0.05, 0.1) is 6.04 Å². The number of ether oxygens (including phenoxy) is 1. The van der Waals surface area contributed by atoms with Crippen molar-refractivity contribution in [3.8, 4) is 11.8 Å². The highest BCUT2D eigenvalue weighted by atomic mass is 35.5. The van der Waals surface area contributed by atoms with Gasteiger partial charge in [-0.25, -0.2) is 0 Å². The summed E-state index contributed by atoms with van der Waals surface area (Å²) in [6.07, 6.45) is 4.73. The molecule has 1 unspecified atom stereocenters. The van der Waals surface area contributed by atoms with Crippen molar-refractivity contribution >= 4 is 17.5 Å². The zero-order chi connectivity index (χ0) is 23.0. The van der Waals surface area contributed by atoms with Crippen molar-refractivity contribution in [1.82, 2.24) is 9.88 Å². The van der Waals surface area contributed by atoms with Gasteiger partial charge in [-0.3, -0.25) is 4.90 Å². The molecule has 2 aromatic carbocycles. The molecule has 33 heavy (non-hydrogen) atoms. The first kappa shape index (κ1) is 23.2. The van der Waals surface area contributed by atoms with Crippen LogP contribution in [-0.2, 0) is 13.0 Å². The van der Waals surface area contributed by atoms with Crippen molar-refractivity contribution in [2.75, 3.05) is 25.0 Å². The minimum atomic E-state index is 0.131. The quantitative estimate of drug-likeness (QED) is 0.420. The predicted molar refractivity (Wildman–Crippen MR) is 129 cm³/mol. The lowest BCUT2D eigenvalue weighted by atomic mass is 10.00.